The Hall–Kier alpha value is -2.86. The molecule has 5 nitrogen and oxygen atoms in total. The Labute approximate surface area is 154 Å². The lowest BCUT2D eigenvalue weighted by Crippen LogP contribution is -2.15. The van der Waals surface area contributed by atoms with Gasteiger partial charge in [-0.1, -0.05) is 22.0 Å². The highest BCUT2D eigenvalue weighted by atomic mass is 79.9. The highest BCUT2D eigenvalue weighted by Gasteiger charge is 2.11. The fraction of sp³-hybridized carbons (Fsp3) is 0.0526. The molecule has 2 aromatic carbocycles. The number of pyridine rings is 1. The lowest BCUT2D eigenvalue weighted by atomic mass is 10.2. The number of rotatable bonds is 4. The molecule has 0 aliphatic rings. The SMILES string of the molecule is Cc1ccc(C(=O)Nc2cccc(Oc3ccc(Br)cc3)c2)c(N)n1. The first-order valence-corrected chi connectivity index (χ1v) is 8.38. The molecule has 0 bridgehead atoms. The zero-order valence-electron chi connectivity index (χ0n) is 13.5. The van der Waals surface area contributed by atoms with Crippen LogP contribution in [0.3, 0.4) is 0 Å². The number of aromatic nitrogens is 1. The van der Waals surface area contributed by atoms with Crippen molar-refractivity contribution in [2.24, 2.45) is 0 Å². The maximum Gasteiger partial charge on any atom is 0.259 e. The van der Waals surface area contributed by atoms with E-state index in [4.69, 9.17) is 10.5 Å². The molecule has 3 aromatic rings. The molecule has 1 heterocycles. The van der Waals surface area contributed by atoms with Crippen LogP contribution in [-0.2, 0) is 0 Å². The first-order chi connectivity index (χ1) is 12.0. The Morgan fingerprint density at radius 3 is 2.56 bits per heavy atom. The quantitative estimate of drug-likeness (QED) is 0.663. The van der Waals surface area contributed by atoms with E-state index in [-0.39, 0.29) is 11.7 Å². The van der Waals surface area contributed by atoms with Gasteiger partial charge in [0.05, 0.1) is 5.56 Å². The van der Waals surface area contributed by atoms with E-state index in [0.717, 1.165) is 10.2 Å². The molecular weight excluding hydrogens is 382 g/mol. The molecule has 0 saturated carbocycles. The first kappa shape index (κ1) is 17.0. The minimum atomic E-state index is -0.314. The minimum absolute atomic E-state index is 0.208. The third-order valence-electron chi connectivity index (χ3n) is 3.45. The maximum absolute atomic E-state index is 12.4. The third-order valence-corrected chi connectivity index (χ3v) is 3.98. The standard InChI is InChI=1S/C19H16BrN3O2/c1-12-5-10-17(18(21)22-12)19(24)23-14-3-2-4-16(11-14)25-15-8-6-13(20)7-9-15/h2-11H,1H3,(H2,21,22)(H,23,24). The van der Waals surface area contributed by atoms with Crippen molar-refractivity contribution in [3.63, 3.8) is 0 Å². The van der Waals surface area contributed by atoms with Gasteiger partial charge in [0.15, 0.2) is 0 Å². The molecule has 25 heavy (non-hydrogen) atoms. The summed E-state index contributed by atoms with van der Waals surface area (Å²) in [5.41, 5.74) is 7.53. The minimum Gasteiger partial charge on any atom is -0.457 e. The zero-order valence-corrected chi connectivity index (χ0v) is 15.1. The number of nitrogen functional groups attached to an aromatic ring is 1. The van der Waals surface area contributed by atoms with Gasteiger partial charge in [-0.2, -0.15) is 0 Å². The summed E-state index contributed by atoms with van der Waals surface area (Å²) in [6.45, 7) is 1.82. The second-order valence-corrected chi connectivity index (χ2v) is 6.34. The molecule has 0 spiro atoms. The number of carbonyl (C=O) groups excluding carboxylic acids is 1. The first-order valence-electron chi connectivity index (χ1n) is 7.59. The van der Waals surface area contributed by atoms with Gasteiger partial charge in [0.1, 0.15) is 17.3 Å². The summed E-state index contributed by atoms with van der Waals surface area (Å²) in [4.78, 5) is 16.5. The number of nitrogens with two attached hydrogens (primary N) is 1. The van der Waals surface area contributed by atoms with E-state index < -0.39 is 0 Å². The highest BCUT2D eigenvalue weighted by Crippen LogP contribution is 2.26. The van der Waals surface area contributed by atoms with Crippen LogP contribution >= 0.6 is 15.9 Å². The number of anilines is 2. The van der Waals surface area contributed by atoms with Crippen LogP contribution < -0.4 is 15.8 Å². The van der Waals surface area contributed by atoms with Gasteiger partial charge < -0.3 is 15.8 Å². The van der Waals surface area contributed by atoms with E-state index >= 15 is 0 Å². The third kappa shape index (κ3) is 4.36. The number of halogens is 1. The predicted molar refractivity (Wildman–Crippen MR) is 102 cm³/mol. The molecule has 3 rings (SSSR count). The van der Waals surface area contributed by atoms with Crippen molar-refractivity contribution < 1.29 is 9.53 Å². The number of nitrogens with one attached hydrogen (secondary N) is 1. The number of amides is 1. The van der Waals surface area contributed by atoms with E-state index in [9.17, 15) is 4.79 Å². The fourth-order valence-corrected chi connectivity index (χ4v) is 2.51. The van der Waals surface area contributed by atoms with Crippen molar-refractivity contribution in [1.29, 1.82) is 0 Å². The zero-order chi connectivity index (χ0) is 17.8. The van der Waals surface area contributed by atoms with Crippen LogP contribution in [0, 0.1) is 6.92 Å². The van der Waals surface area contributed by atoms with Gasteiger partial charge in [-0.25, -0.2) is 4.98 Å². The Morgan fingerprint density at radius 1 is 1.08 bits per heavy atom. The Bertz CT molecular complexity index is 911. The van der Waals surface area contributed by atoms with Crippen molar-refractivity contribution in [2.45, 2.75) is 6.92 Å². The molecule has 0 aliphatic carbocycles. The lowest BCUT2D eigenvalue weighted by Gasteiger charge is -2.10. The second-order valence-electron chi connectivity index (χ2n) is 5.42. The van der Waals surface area contributed by atoms with Gasteiger partial charge in [-0.15, -0.1) is 0 Å². The number of hydrogen-bond acceptors (Lipinski definition) is 4. The van der Waals surface area contributed by atoms with Crippen molar-refractivity contribution >= 4 is 33.3 Å². The Kier molecular flexibility index (Phi) is 5.00. The summed E-state index contributed by atoms with van der Waals surface area (Å²) in [6, 6.07) is 18.1. The van der Waals surface area contributed by atoms with E-state index in [1.165, 1.54) is 0 Å². The summed E-state index contributed by atoms with van der Waals surface area (Å²) in [7, 11) is 0. The molecule has 0 aliphatic heterocycles. The van der Waals surface area contributed by atoms with E-state index in [1.807, 2.05) is 37.3 Å². The fourth-order valence-electron chi connectivity index (χ4n) is 2.24. The van der Waals surface area contributed by atoms with Crippen LogP contribution in [0.4, 0.5) is 11.5 Å². The molecule has 0 fully saturated rings. The average Bonchev–Trinajstić information content (AvgIpc) is 2.57. The largest absolute Gasteiger partial charge is 0.457 e. The molecular formula is C19H16BrN3O2. The number of aryl methyl sites for hydroxylation is 1. The van der Waals surface area contributed by atoms with Gasteiger partial charge in [-0.3, -0.25) is 4.79 Å². The van der Waals surface area contributed by atoms with E-state index in [0.29, 0.717) is 22.7 Å². The van der Waals surface area contributed by atoms with Crippen LogP contribution in [-0.4, -0.2) is 10.9 Å². The molecule has 6 heteroatoms. The summed E-state index contributed by atoms with van der Waals surface area (Å²) < 4.78 is 6.77. The topological polar surface area (TPSA) is 77.2 Å². The summed E-state index contributed by atoms with van der Waals surface area (Å²) in [6.07, 6.45) is 0. The lowest BCUT2D eigenvalue weighted by molar-refractivity contribution is 0.102. The van der Waals surface area contributed by atoms with Crippen molar-refractivity contribution in [3.05, 3.63) is 76.4 Å². The van der Waals surface area contributed by atoms with Crippen LogP contribution in [0.5, 0.6) is 11.5 Å². The van der Waals surface area contributed by atoms with E-state index in [1.54, 1.807) is 30.3 Å². The number of carbonyl (C=O) groups is 1. The number of hydrogen-bond donors (Lipinski definition) is 2. The molecule has 0 unspecified atom stereocenters. The van der Waals surface area contributed by atoms with Crippen molar-refractivity contribution in [1.82, 2.24) is 4.98 Å². The van der Waals surface area contributed by atoms with Gasteiger partial charge in [0.2, 0.25) is 0 Å². The number of nitrogens with zero attached hydrogens (tertiary/aromatic N) is 1. The Balaban J connectivity index is 1.75. The van der Waals surface area contributed by atoms with Crippen LogP contribution in [0.25, 0.3) is 0 Å². The Morgan fingerprint density at radius 2 is 1.84 bits per heavy atom. The van der Waals surface area contributed by atoms with Crippen LogP contribution in [0.1, 0.15) is 16.1 Å². The molecule has 3 N–H and O–H groups in total. The van der Waals surface area contributed by atoms with E-state index in [2.05, 4.69) is 26.2 Å². The smallest absolute Gasteiger partial charge is 0.259 e. The average molecular weight is 398 g/mol. The van der Waals surface area contributed by atoms with Crippen LogP contribution in [0.15, 0.2) is 65.1 Å². The summed E-state index contributed by atoms with van der Waals surface area (Å²) in [5, 5.41) is 2.81. The maximum atomic E-state index is 12.4. The second kappa shape index (κ2) is 7.36. The van der Waals surface area contributed by atoms with Gasteiger partial charge in [-0.05, 0) is 55.5 Å². The summed E-state index contributed by atoms with van der Waals surface area (Å²) in [5.74, 6) is 1.22. The van der Waals surface area contributed by atoms with Gasteiger partial charge in [0, 0.05) is 21.9 Å². The monoisotopic (exact) mass is 397 g/mol. The van der Waals surface area contributed by atoms with Gasteiger partial charge in [0.25, 0.3) is 5.91 Å². The molecule has 1 amide bonds. The van der Waals surface area contributed by atoms with Crippen molar-refractivity contribution in [2.75, 3.05) is 11.1 Å². The number of ether oxygens (including phenoxy) is 1. The number of benzene rings is 2. The highest BCUT2D eigenvalue weighted by molar-refractivity contribution is 9.10. The molecule has 0 radical (unpaired) electrons. The van der Waals surface area contributed by atoms with Crippen molar-refractivity contribution in [3.8, 4) is 11.5 Å². The van der Waals surface area contributed by atoms with Crippen LogP contribution in [0.2, 0.25) is 0 Å². The normalized spacial score (nSPS) is 10.3. The molecule has 0 saturated heterocycles. The molecule has 126 valence electrons. The summed E-state index contributed by atoms with van der Waals surface area (Å²) >= 11 is 3.38. The molecule has 1 aromatic heterocycles. The molecule has 0 atom stereocenters. The predicted octanol–water partition coefficient (Wildman–Crippen LogP) is 4.78. The van der Waals surface area contributed by atoms with Gasteiger partial charge >= 0.3 is 0 Å².